The standard InChI is InChI=1S/C23H28N6O3/c1-12(13-3-2-4-14(5-13)21(26)30)28-17-8-20(23(28)32)27(10-17)11-18(25)22(31)29-16(9-24)6-15-7-19(15)29/h2-5,12,15-20H,6-8,10-11,25H2,1H3,(H2,26,30)/t12-,15?,16-,17+,18-,19-,20+/m0/s1. The molecule has 3 aliphatic heterocycles. The maximum absolute atomic E-state index is 13.2. The molecule has 168 valence electrons. The molecule has 4 fully saturated rings. The number of nitrogens with zero attached hydrogens (tertiary/aromatic N) is 4. The Bertz CT molecular complexity index is 1020. The Kier molecular flexibility index (Phi) is 4.95. The van der Waals surface area contributed by atoms with Gasteiger partial charge in [-0.1, -0.05) is 12.1 Å². The van der Waals surface area contributed by atoms with Gasteiger partial charge < -0.3 is 21.3 Å². The molecule has 2 bridgehead atoms. The molecular formula is C23H28N6O3. The number of benzene rings is 1. The number of primary amides is 1. The van der Waals surface area contributed by atoms with Crippen LogP contribution in [-0.4, -0.2) is 75.7 Å². The Morgan fingerprint density at radius 3 is 2.75 bits per heavy atom. The number of amides is 3. The smallest absolute Gasteiger partial charge is 0.248 e. The van der Waals surface area contributed by atoms with Gasteiger partial charge in [0.25, 0.3) is 0 Å². The third kappa shape index (κ3) is 3.26. The molecule has 7 atom stereocenters. The molecule has 0 radical (unpaired) electrons. The molecule has 0 aromatic heterocycles. The van der Waals surface area contributed by atoms with E-state index in [9.17, 15) is 19.6 Å². The minimum atomic E-state index is -0.740. The van der Waals surface area contributed by atoms with Crippen LogP contribution in [0.3, 0.4) is 0 Å². The lowest BCUT2D eigenvalue weighted by Gasteiger charge is -2.38. The quantitative estimate of drug-likeness (QED) is 0.643. The van der Waals surface area contributed by atoms with Crippen LogP contribution in [0.1, 0.15) is 48.1 Å². The Hall–Kier alpha value is -2.96. The van der Waals surface area contributed by atoms with Crippen molar-refractivity contribution in [2.24, 2.45) is 17.4 Å². The molecule has 32 heavy (non-hydrogen) atoms. The van der Waals surface area contributed by atoms with E-state index in [1.54, 1.807) is 23.1 Å². The predicted octanol–water partition coefficient (Wildman–Crippen LogP) is -0.0281. The highest BCUT2D eigenvalue weighted by molar-refractivity contribution is 5.93. The second kappa shape index (κ2) is 7.57. The van der Waals surface area contributed by atoms with Gasteiger partial charge in [0.1, 0.15) is 6.04 Å². The van der Waals surface area contributed by atoms with Crippen LogP contribution in [0.15, 0.2) is 24.3 Å². The van der Waals surface area contributed by atoms with Gasteiger partial charge in [-0.2, -0.15) is 5.26 Å². The molecule has 1 saturated carbocycles. The fraction of sp³-hybridized carbons (Fsp3) is 0.565. The number of hydrogen-bond donors (Lipinski definition) is 2. The van der Waals surface area contributed by atoms with E-state index in [0.717, 1.165) is 18.4 Å². The number of carbonyl (C=O) groups excluding carboxylic acids is 3. The summed E-state index contributed by atoms with van der Waals surface area (Å²) in [6.07, 6.45) is 2.42. The molecule has 9 heteroatoms. The van der Waals surface area contributed by atoms with Gasteiger partial charge in [-0.05, 0) is 49.8 Å². The molecule has 3 amide bonds. The zero-order chi connectivity index (χ0) is 22.7. The maximum Gasteiger partial charge on any atom is 0.248 e. The first-order valence-corrected chi connectivity index (χ1v) is 11.2. The molecule has 1 aromatic carbocycles. The third-order valence-electron chi connectivity index (χ3n) is 7.64. The average molecular weight is 437 g/mol. The van der Waals surface area contributed by atoms with E-state index in [2.05, 4.69) is 6.07 Å². The van der Waals surface area contributed by atoms with Gasteiger partial charge in [0, 0.05) is 30.7 Å². The van der Waals surface area contributed by atoms with Crippen molar-refractivity contribution in [1.82, 2.24) is 14.7 Å². The van der Waals surface area contributed by atoms with E-state index in [4.69, 9.17) is 11.5 Å². The summed E-state index contributed by atoms with van der Waals surface area (Å²) in [4.78, 5) is 43.3. The van der Waals surface area contributed by atoms with E-state index in [1.165, 1.54) is 0 Å². The first-order valence-electron chi connectivity index (χ1n) is 11.2. The van der Waals surface area contributed by atoms with Crippen LogP contribution in [-0.2, 0) is 9.59 Å². The molecule has 1 aromatic rings. The second-order valence-electron chi connectivity index (χ2n) is 9.57. The SMILES string of the molecule is C[C@@H](c1cccc(C(N)=O)c1)N1C(=O)[C@H]2C[C@@H]1CN2C[C@H](N)C(=O)N1[C@H](C#N)CC2C[C@@H]21. The number of likely N-dealkylation sites (tertiary alicyclic amines) is 3. The summed E-state index contributed by atoms with van der Waals surface area (Å²) in [5.41, 5.74) is 13.0. The summed E-state index contributed by atoms with van der Waals surface area (Å²) in [5.74, 6) is -0.197. The Morgan fingerprint density at radius 1 is 1.28 bits per heavy atom. The molecule has 3 heterocycles. The van der Waals surface area contributed by atoms with Crippen molar-refractivity contribution in [3.05, 3.63) is 35.4 Å². The number of carbonyl (C=O) groups is 3. The lowest BCUT2D eigenvalue weighted by molar-refractivity contribution is -0.141. The molecule has 0 spiro atoms. The zero-order valence-corrected chi connectivity index (χ0v) is 18.1. The van der Waals surface area contributed by atoms with Gasteiger partial charge in [0.2, 0.25) is 17.7 Å². The van der Waals surface area contributed by atoms with Crippen LogP contribution in [0.2, 0.25) is 0 Å². The van der Waals surface area contributed by atoms with Crippen molar-refractivity contribution >= 4 is 17.7 Å². The first kappa shape index (κ1) is 20.9. The van der Waals surface area contributed by atoms with E-state index < -0.39 is 11.9 Å². The summed E-state index contributed by atoms with van der Waals surface area (Å²) in [5, 5.41) is 9.36. The number of hydrogen-bond acceptors (Lipinski definition) is 6. The van der Waals surface area contributed by atoms with E-state index >= 15 is 0 Å². The fourth-order valence-electron chi connectivity index (χ4n) is 5.92. The van der Waals surface area contributed by atoms with Crippen molar-refractivity contribution in [1.29, 1.82) is 5.26 Å². The number of nitrogens with two attached hydrogens (primary N) is 2. The summed E-state index contributed by atoms with van der Waals surface area (Å²) in [7, 11) is 0. The van der Waals surface area contributed by atoms with Gasteiger partial charge in [0.05, 0.1) is 24.2 Å². The van der Waals surface area contributed by atoms with E-state index in [0.29, 0.717) is 31.0 Å². The predicted molar refractivity (Wildman–Crippen MR) is 115 cm³/mol. The normalized spacial score (nSPS) is 32.5. The minimum Gasteiger partial charge on any atom is -0.366 e. The number of rotatable bonds is 6. The third-order valence-corrected chi connectivity index (χ3v) is 7.64. The number of piperidine rings is 1. The van der Waals surface area contributed by atoms with E-state index in [1.807, 2.05) is 22.8 Å². The van der Waals surface area contributed by atoms with Crippen molar-refractivity contribution in [2.75, 3.05) is 13.1 Å². The van der Waals surface area contributed by atoms with Gasteiger partial charge >= 0.3 is 0 Å². The Balaban J connectivity index is 1.24. The van der Waals surface area contributed by atoms with Crippen LogP contribution >= 0.6 is 0 Å². The lowest BCUT2D eigenvalue weighted by Crippen LogP contribution is -2.57. The minimum absolute atomic E-state index is 0.0243. The fourth-order valence-corrected chi connectivity index (χ4v) is 5.92. The van der Waals surface area contributed by atoms with Gasteiger partial charge in [-0.3, -0.25) is 19.3 Å². The van der Waals surface area contributed by atoms with Crippen molar-refractivity contribution in [3.63, 3.8) is 0 Å². The summed E-state index contributed by atoms with van der Waals surface area (Å²) in [6.45, 7) is 2.93. The Morgan fingerprint density at radius 2 is 2.06 bits per heavy atom. The largest absolute Gasteiger partial charge is 0.366 e. The van der Waals surface area contributed by atoms with Crippen LogP contribution in [0, 0.1) is 17.2 Å². The maximum atomic E-state index is 13.2. The molecule has 4 N–H and O–H groups in total. The second-order valence-corrected chi connectivity index (χ2v) is 9.57. The molecule has 4 aliphatic rings. The lowest BCUT2D eigenvalue weighted by atomic mass is 10.0. The van der Waals surface area contributed by atoms with Crippen LogP contribution < -0.4 is 11.5 Å². The van der Waals surface area contributed by atoms with Gasteiger partial charge in [-0.15, -0.1) is 0 Å². The van der Waals surface area contributed by atoms with Crippen LogP contribution in [0.4, 0.5) is 0 Å². The molecule has 3 saturated heterocycles. The molecule has 1 aliphatic carbocycles. The van der Waals surface area contributed by atoms with Gasteiger partial charge in [0.15, 0.2) is 0 Å². The van der Waals surface area contributed by atoms with E-state index in [-0.39, 0.29) is 42.0 Å². The number of fused-ring (bicyclic) bond motifs is 3. The number of nitriles is 1. The average Bonchev–Trinajstić information content (AvgIpc) is 3.11. The highest BCUT2D eigenvalue weighted by Crippen LogP contribution is 2.48. The Labute approximate surface area is 186 Å². The summed E-state index contributed by atoms with van der Waals surface area (Å²) >= 11 is 0. The van der Waals surface area contributed by atoms with Gasteiger partial charge in [-0.25, -0.2) is 0 Å². The van der Waals surface area contributed by atoms with Crippen molar-refractivity contribution < 1.29 is 14.4 Å². The summed E-state index contributed by atoms with van der Waals surface area (Å²) < 4.78 is 0. The molecule has 5 rings (SSSR count). The molecular weight excluding hydrogens is 408 g/mol. The highest BCUT2D eigenvalue weighted by atomic mass is 16.2. The number of piperazine rings is 1. The van der Waals surface area contributed by atoms with Crippen molar-refractivity contribution in [3.8, 4) is 6.07 Å². The summed E-state index contributed by atoms with van der Waals surface area (Å²) in [6, 6.07) is 7.93. The topological polar surface area (TPSA) is 137 Å². The molecule has 9 nitrogen and oxygen atoms in total. The molecule has 1 unspecified atom stereocenters. The highest BCUT2D eigenvalue weighted by Gasteiger charge is 2.56. The van der Waals surface area contributed by atoms with Crippen LogP contribution in [0.25, 0.3) is 0 Å². The monoisotopic (exact) mass is 436 g/mol. The van der Waals surface area contributed by atoms with Crippen LogP contribution in [0.5, 0.6) is 0 Å². The zero-order valence-electron chi connectivity index (χ0n) is 18.1. The van der Waals surface area contributed by atoms with Crippen molar-refractivity contribution in [2.45, 2.75) is 62.4 Å². The first-order chi connectivity index (χ1) is 15.3.